The molecular weight excluding hydrogens is 312 g/mol. The van der Waals surface area contributed by atoms with Crippen molar-refractivity contribution in [2.24, 2.45) is 5.73 Å². The zero-order chi connectivity index (χ0) is 14.7. The Balaban J connectivity index is 2.37. The van der Waals surface area contributed by atoms with Crippen LogP contribution in [-0.2, 0) is 0 Å². The number of anilines is 2. The molecule has 0 aliphatic rings. The molecule has 0 saturated heterocycles. The average Bonchev–Trinajstić information content (AvgIpc) is 2.41. The molecule has 2 rings (SSSR count). The highest BCUT2D eigenvalue weighted by Crippen LogP contribution is 2.31. The Morgan fingerprint density at radius 3 is 2.20 bits per heavy atom. The topological polar surface area (TPSA) is 29.3 Å². The highest BCUT2D eigenvalue weighted by atomic mass is 79.9. The average molecular weight is 333 g/mol. The molecule has 0 heterocycles. The molecule has 0 bridgehead atoms. The summed E-state index contributed by atoms with van der Waals surface area (Å²) < 4.78 is 1.07. The predicted molar refractivity (Wildman–Crippen MR) is 90.6 cm³/mol. The van der Waals surface area contributed by atoms with Gasteiger partial charge in [0.1, 0.15) is 0 Å². The predicted octanol–water partition coefficient (Wildman–Crippen LogP) is 4.94. The van der Waals surface area contributed by atoms with Crippen LogP contribution < -0.4 is 10.6 Å². The van der Waals surface area contributed by atoms with Gasteiger partial charge in [-0.15, -0.1) is 0 Å². The van der Waals surface area contributed by atoms with Crippen molar-refractivity contribution in [1.29, 1.82) is 0 Å². The molecule has 106 valence electrons. The molecule has 0 aliphatic carbocycles. The van der Waals surface area contributed by atoms with E-state index in [1.54, 1.807) is 0 Å². The summed E-state index contributed by atoms with van der Waals surface area (Å²) in [6.07, 6.45) is 0. The molecule has 0 radical (unpaired) electrons. The van der Waals surface area contributed by atoms with E-state index in [2.05, 4.69) is 77.1 Å². The zero-order valence-electron chi connectivity index (χ0n) is 12.2. The number of nitrogens with two attached hydrogens (primary N) is 1. The van der Waals surface area contributed by atoms with E-state index in [-0.39, 0.29) is 6.04 Å². The standard InChI is InChI=1S/C17H21BrN2/c1-4-20(14-7-5-12(2)6-8-14)15-9-10-16(13(3)19)17(18)11-15/h5-11,13H,4,19H2,1-3H3/t13-/m1/s1. The van der Waals surface area contributed by atoms with Crippen LogP contribution in [0.15, 0.2) is 46.9 Å². The first-order chi connectivity index (χ1) is 9.52. The minimum atomic E-state index is 0.0351. The summed E-state index contributed by atoms with van der Waals surface area (Å²) in [6, 6.07) is 15.0. The van der Waals surface area contributed by atoms with Crippen molar-refractivity contribution in [2.45, 2.75) is 26.8 Å². The molecular formula is C17H21BrN2. The van der Waals surface area contributed by atoms with Crippen LogP contribution in [0.25, 0.3) is 0 Å². The van der Waals surface area contributed by atoms with Crippen molar-refractivity contribution >= 4 is 27.3 Å². The Hall–Kier alpha value is -1.32. The maximum atomic E-state index is 5.96. The van der Waals surface area contributed by atoms with Gasteiger partial charge in [-0.25, -0.2) is 0 Å². The molecule has 0 spiro atoms. The highest BCUT2D eigenvalue weighted by molar-refractivity contribution is 9.10. The van der Waals surface area contributed by atoms with Gasteiger partial charge >= 0.3 is 0 Å². The summed E-state index contributed by atoms with van der Waals surface area (Å²) in [6.45, 7) is 7.19. The van der Waals surface area contributed by atoms with Crippen molar-refractivity contribution in [3.63, 3.8) is 0 Å². The maximum Gasteiger partial charge on any atom is 0.0422 e. The van der Waals surface area contributed by atoms with Crippen LogP contribution in [-0.4, -0.2) is 6.54 Å². The molecule has 0 aromatic heterocycles. The van der Waals surface area contributed by atoms with Gasteiger partial charge in [0.15, 0.2) is 0 Å². The second-order valence-corrected chi connectivity index (χ2v) is 5.93. The molecule has 0 unspecified atom stereocenters. The Labute approximate surface area is 129 Å². The third kappa shape index (κ3) is 3.22. The largest absolute Gasteiger partial charge is 0.342 e. The summed E-state index contributed by atoms with van der Waals surface area (Å²) in [5.74, 6) is 0. The van der Waals surface area contributed by atoms with Crippen LogP contribution in [0.5, 0.6) is 0 Å². The number of aryl methyl sites for hydroxylation is 1. The number of hydrogen-bond donors (Lipinski definition) is 1. The van der Waals surface area contributed by atoms with Gasteiger partial charge in [-0.3, -0.25) is 0 Å². The first kappa shape index (κ1) is 15.1. The van der Waals surface area contributed by atoms with Gasteiger partial charge < -0.3 is 10.6 Å². The van der Waals surface area contributed by atoms with Crippen LogP contribution in [0, 0.1) is 6.92 Å². The molecule has 0 saturated carbocycles. The Bertz CT molecular complexity index is 576. The molecule has 1 atom stereocenters. The molecule has 3 heteroatoms. The van der Waals surface area contributed by atoms with Crippen LogP contribution in [0.3, 0.4) is 0 Å². The van der Waals surface area contributed by atoms with E-state index in [1.807, 2.05) is 6.92 Å². The fourth-order valence-corrected chi connectivity index (χ4v) is 3.02. The van der Waals surface area contributed by atoms with Gasteiger partial charge in [-0.05, 0) is 50.6 Å². The SMILES string of the molecule is CCN(c1ccc(C)cc1)c1ccc([C@@H](C)N)c(Br)c1. The quantitative estimate of drug-likeness (QED) is 0.859. The van der Waals surface area contributed by atoms with Gasteiger partial charge in [-0.1, -0.05) is 39.7 Å². The number of hydrogen-bond acceptors (Lipinski definition) is 2. The molecule has 20 heavy (non-hydrogen) atoms. The molecule has 2 aromatic carbocycles. The van der Waals surface area contributed by atoms with Crippen molar-refractivity contribution in [1.82, 2.24) is 0 Å². The first-order valence-electron chi connectivity index (χ1n) is 6.92. The fraction of sp³-hybridized carbons (Fsp3) is 0.294. The van der Waals surface area contributed by atoms with E-state index in [0.717, 1.165) is 16.6 Å². The van der Waals surface area contributed by atoms with Crippen molar-refractivity contribution in [2.75, 3.05) is 11.4 Å². The summed E-state index contributed by atoms with van der Waals surface area (Å²) >= 11 is 3.62. The minimum absolute atomic E-state index is 0.0351. The monoisotopic (exact) mass is 332 g/mol. The Kier molecular flexibility index (Phi) is 4.84. The molecule has 0 amide bonds. The highest BCUT2D eigenvalue weighted by Gasteiger charge is 2.11. The Morgan fingerprint density at radius 2 is 1.70 bits per heavy atom. The number of nitrogens with zero attached hydrogens (tertiary/aromatic N) is 1. The molecule has 0 fully saturated rings. The van der Waals surface area contributed by atoms with Gasteiger partial charge in [0, 0.05) is 28.4 Å². The van der Waals surface area contributed by atoms with E-state index >= 15 is 0 Å². The fourth-order valence-electron chi connectivity index (χ4n) is 2.29. The lowest BCUT2D eigenvalue weighted by Gasteiger charge is -2.24. The van der Waals surface area contributed by atoms with Crippen LogP contribution >= 0.6 is 15.9 Å². The van der Waals surface area contributed by atoms with E-state index in [9.17, 15) is 0 Å². The van der Waals surface area contributed by atoms with E-state index in [4.69, 9.17) is 5.73 Å². The minimum Gasteiger partial charge on any atom is -0.342 e. The molecule has 0 aliphatic heterocycles. The van der Waals surface area contributed by atoms with Gasteiger partial charge in [0.05, 0.1) is 0 Å². The van der Waals surface area contributed by atoms with Crippen LogP contribution in [0.4, 0.5) is 11.4 Å². The molecule has 2 N–H and O–H groups in total. The zero-order valence-corrected chi connectivity index (χ0v) is 13.8. The summed E-state index contributed by atoms with van der Waals surface area (Å²) in [5, 5.41) is 0. The second kappa shape index (κ2) is 6.42. The number of benzene rings is 2. The van der Waals surface area contributed by atoms with Gasteiger partial charge in [0.25, 0.3) is 0 Å². The van der Waals surface area contributed by atoms with Crippen molar-refractivity contribution in [3.8, 4) is 0 Å². The summed E-state index contributed by atoms with van der Waals surface area (Å²) in [4.78, 5) is 2.29. The lowest BCUT2D eigenvalue weighted by atomic mass is 10.1. The maximum absolute atomic E-state index is 5.96. The number of rotatable bonds is 4. The summed E-state index contributed by atoms with van der Waals surface area (Å²) in [7, 11) is 0. The van der Waals surface area contributed by atoms with Gasteiger partial charge in [0.2, 0.25) is 0 Å². The third-order valence-electron chi connectivity index (χ3n) is 3.45. The van der Waals surface area contributed by atoms with E-state index in [1.165, 1.54) is 16.9 Å². The van der Waals surface area contributed by atoms with E-state index < -0.39 is 0 Å². The smallest absolute Gasteiger partial charge is 0.0422 e. The van der Waals surface area contributed by atoms with Crippen molar-refractivity contribution < 1.29 is 0 Å². The van der Waals surface area contributed by atoms with Crippen LogP contribution in [0.2, 0.25) is 0 Å². The lowest BCUT2D eigenvalue weighted by Crippen LogP contribution is -2.16. The summed E-state index contributed by atoms with van der Waals surface area (Å²) in [5.41, 5.74) is 10.7. The Morgan fingerprint density at radius 1 is 1.10 bits per heavy atom. The lowest BCUT2D eigenvalue weighted by molar-refractivity contribution is 0.813. The van der Waals surface area contributed by atoms with Gasteiger partial charge in [-0.2, -0.15) is 0 Å². The van der Waals surface area contributed by atoms with Crippen molar-refractivity contribution in [3.05, 3.63) is 58.1 Å². The second-order valence-electron chi connectivity index (χ2n) is 5.07. The normalized spacial score (nSPS) is 12.2. The third-order valence-corrected chi connectivity index (χ3v) is 4.13. The first-order valence-corrected chi connectivity index (χ1v) is 7.71. The number of halogens is 1. The molecule has 2 aromatic rings. The van der Waals surface area contributed by atoms with E-state index in [0.29, 0.717) is 0 Å². The molecule has 2 nitrogen and oxygen atoms in total. The van der Waals surface area contributed by atoms with Crippen LogP contribution in [0.1, 0.15) is 31.0 Å².